The molecule has 1 heterocycles. The van der Waals surface area contributed by atoms with E-state index in [1.165, 1.54) is 15.4 Å². The summed E-state index contributed by atoms with van der Waals surface area (Å²) in [5.41, 5.74) is 4.78. The molecule has 216 valence electrons. The fraction of sp³-hybridized carbons (Fsp3) is 0.100. The fourth-order valence-electron chi connectivity index (χ4n) is 5.99. The summed E-state index contributed by atoms with van der Waals surface area (Å²) in [6.07, 6.45) is 0. The van der Waals surface area contributed by atoms with Crippen LogP contribution in [0, 0.1) is 0 Å². The molecule has 7 aromatic rings. The number of hydrogen-bond donors (Lipinski definition) is 0. The molecule has 6 aromatic carbocycles. The maximum atomic E-state index is 15.3. The topological polar surface area (TPSA) is 22.0 Å². The van der Waals surface area contributed by atoms with Crippen LogP contribution in [0.4, 0.5) is 0 Å². The second-order valence-electron chi connectivity index (χ2n) is 12.2. The maximum absolute atomic E-state index is 15.3. The zero-order valence-corrected chi connectivity index (χ0v) is 26.9. The van der Waals surface area contributed by atoms with E-state index in [1.54, 1.807) is 11.8 Å². The Kier molecular flexibility index (Phi) is 7.33. The molecule has 44 heavy (non-hydrogen) atoms. The van der Waals surface area contributed by atoms with Crippen LogP contribution in [0.2, 0.25) is 0 Å². The first kappa shape index (κ1) is 28.5. The van der Waals surface area contributed by atoms with Gasteiger partial charge in [0.05, 0.1) is 11.0 Å². The molecule has 0 bridgehead atoms. The normalized spacial score (nSPS) is 12.2. The number of nitrogens with zero attached hydrogens (tertiary/aromatic N) is 1. The Labute approximate surface area is 263 Å². The summed E-state index contributed by atoms with van der Waals surface area (Å²) in [6, 6.07) is 52.3. The zero-order chi connectivity index (χ0) is 30.3. The second-order valence-corrected chi connectivity index (χ2v) is 16.1. The minimum absolute atomic E-state index is 0.123. The summed E-state index contributed by atoms with van der Waals surface area (Å²) in [4.78, 5) is 2.38. The van der Waals surface area contributed by atoms with Gasteiger partial charge < -0.3 is 9.13 Å². The van der Waals surface area contributed by atoms with Crippen LogP contribution in [-0.2, 0) is 9.98 Å². The lowest BCUT2D eigenvalue weighted by Gasteiger charge is -2.20. The van der Waals surface area contributed by atoms with Crippen molar-refractivity contribution in [3.63, 3.8) is 0 Å². The Balaban J connectivity index is 1.43. The number of fused-ring (bicyclic) bond motifs is 3. The molecule has 0 saturated heterocycles. The van der Waals surface area contributed by atoms with Gasteiger partial charge in [0.2, 0.25) is 0 Å². The highest BCUT2D eigenvalue weighted by Crippen LogP contribution is 2.44. The molecule has 0 saturated carbocycles. The van der Waals surface area contributed by atoms with Crippen molar-refractivity contribution in [3.05, 3.63) is 157 Å². The molecule has 2 nitrogen and oxygen atoms in total. The largest absolute Gasteiger partial charge is 0.309 e. The monoisotopic (exact) mass is 607 g/mol. The van der Waals surface area contributed by atoms with Crippen LogP contribution in [-0.4, -0.2) is 4.57 Å². The highest BCUT2D eigenvalue weighted by atomic mass is 32.2. The van der Waals surface area contributed by atoms with Crippen molar-refractivity contribution in [2.75, 3.05) is 0 Å². The van der Waals surface area contributed by atoms with Gasteiger partial charge in [0.1, 0.15) is 0 Å². The van der Waals surface area contributed by atoms with Crippen LogP contribution >= 0.6 is 18.9 Å². The van der Waals surface area contributed by atoms with E-state index in [0.717, 1.165) is 43.4 Å². The lowest BCUT2D eigenvalue weighted by atomic mass is 9.87. The lowest BCUT2D eigenvalue weighted by molar-refractivity contribution is 0.589. The van der Waals surface area contributed by atoms with Gasteiger partial charge in [0.15, 0.2) is 7.14 Å². The molecule has 0 spiro atoms. The Morgan fingerprint density at radius 3 is 1.59 bits per heavy atom. The summed E-state index contributed by atoms with van der Waals surface area (Å²) in [7, 11) is -3.12. The molecular formula is C40H34NOPS. The first-order valence-electron chi connectivity index (χ1n) is 15.0. The van der Waals surface area contributed by atoms with E-state index >= 15 is 4.57 Å². The number of para-hydroxylation sites is 1. The Bertz CT molecular complexity index is 2080. The van der Waals surface area contributed by atoms with Crippen molar-refractivity contribution in [2.45, 2.75) is 36.0 Å². The van der Waals surface area contributed by atoms with Crippen LogP contribution < -0.4 is 15.9 Å². The van der Waals surface area contributed by atoms with E-state index in [2.05, 4.69) is 110 Å². The molecule has 0 radical (unpaired) electrons. The Hall–Kier alpha value is -4.30. The molecular weight excluding hydrogens is 573 g/mol. The Morgan fingerprint density at radius 2 is 1.02 bits per heavy atom. The van der Waals surface area contributed by atoms with Gasteiger partial charge in [0.25, 0.3) is 0 Å². The number of rotatable bonds is 6. The number of benzene rings is 6. The van der Waals surface area contributed by atoms with E-state index < -0.39 is 7.14 Å². The van der Waals surface area contributed by atoms with E-state index in [4.69, 9.17) is 0 Å². The molecule has 4 heteroatoms. The van der Waals surface area contributed by atoms with Crippen LogP contribution in [0.15, 0.2) is 161 Å². The van der Waals surface area contributed by atoms with Crippen molar-refractivity contribution in [1.82, 2.24) is 4.57 Å². The molecule has 0 unspecified atom stereocenters. The summed E-state index contributed by atoms with van der Waals surface area (Å²) in [5.74, 6) is 0. The third-order valence-electron chi connectivity index (χ3n) is 8.29. The van der Waals surface area contributed by atoms with Crippen LogP contribution in [0.5, 0.6) is 0 Å². The molecule has 0 amide bonds. The van der Waals surface area contributed by atoms with Gasteiger partial charge in [-0.25, -0.2) is 0 Å². The van der Waals surface area contributed by atoms with Crippen LogP contribution in [0.1, 0.15) is 26.3 Å². The molecule has 1 aromatic heterocycles. The average molecular weight is 608 g/mol. The molecule has 7 rings (SSSR count). The van der Waals surface area contributed by atoms with Gasteiger partial charge in [-0.3, -0.25) is 0 Å². The van der Waals surface area contributed by atoms with E-state index in [0.29, 0.717) is 0 Å². The number of aromatic nitrogens is 1. The van der Waals surface area contributed by atoms with Crippen molar-refractivity contribution in [3.8, 4) is 5.69 Å². The minimum Gasteiger partial charge on any atom is -0.309 e. The van der Waals surface area contributed by atoms with Gasteiger partial charge in [-0.1, -0.05) is 124 Å². The SMILES string of the molecule is CC(C)(C)c1ccc(Sc2ccc3c(c2)c2cc(P(=O)(c4ccccc4)c4ccccc4)ccc2n3-c2ccccc2)cc1. The molecule has 0 aliphatic heterocycles. The molecule has 0 aliphatic carbocycles. The predicted molar refractivity (Wildman–Crippen MR) is 189 cm³/mol. The van der Waals surface area contributed by atoms with E-state index in [-0.39, 0.29) is 5.41 Å². The first-order valence-corrected chi connectivity index (χ1v) is 17.5. The lowest BCUT2D eigenvalue weighted by Crippen LogP contribution is -2.24. The van der Waals surface area contributed by atoms with Crippen LogP contribution in [0.25, 0.3) is 27.5 Å². The fourth-order valence-corrected chi connectivity index (χ4v) is 9.52. The van der Waals surface area contributed by atoms with Crippen molar-refractivity contribution >= 4 is 56.6 Å². The van der Waals surface area contributed by atoms with Gasteiger partial charge in [-0.15, -0.1) is 0 Å². The third-order valence-corrected chi connectivity index (χ3v) is 12.3. The van der Waals surface area contributed by atoms with Crippen LogP contribution in [0.3, 0.4) is 0 Å². The molecule has 0 N–H and O–H groups in total. The smallest absolute Gasteiger partial charge is 0.171 e. The summed E-state index contributed by atoms with van der Waals surface area (Å²) < 4.78 is 17.6. The standard InChI is InChI=1S/C40H34NOPS/c1-40(2,3)29-19-22-34(23-20-29)44-35-24-26-39-37(28-35)36-27-33(21-25-38(36)41(39)30-13-7-4-8-14-30)43(42,31-15-9-5-10-16-31)32-17-11-6-12-18-32/h4-28H,1-3H3. The second kappa shape index (κ2) is 11.3. The summed E-state index contributed by atoms with van der Waals surface area (Å²) >= 11 is 1.77. The van der Waals surface area contributed by atoms with Gasteiger partial charge in [-0.05, 0) is 71.6 Å². The van der Waals surface area contributed by atoms with Gasteiger partial charge in [-0.2, -0.15) is 0 Å². The van der Waals surface area contributed by atoms with Crippen molar-refractivity contribution in [1.29, 1.82) is 0 Å². The molecule has 0 fully saturated rings. The Morgan fingerprint density at radius 1 is 0.523 bits per heavy atom. The van der Waals surface area contributed by atoms with Gasteiger partial charge >= 0.3 is 0 Å². The van der Waals surface area contributed by atoms with Gasteiger partial charge in [0, 0.05) is 42.2 Å². The van der Waals surface area contributed by atoms with E-state index in [1.807, 2.05) is 66.7 Å². The first-order chi connectivity index (χ1) is 21.3. The van der Waals surface area contributed by atoms with E-state index in [9.17, 15) is 0 Å². The minimum atomic E-state index is -3.12. The maximum Gasteiger partial charge on any atom is 0.171 e. The highest BCUT2D eigenvalue weighted by molar-refractivity contribution is 7.99. The number of hydrogen-bond acceptors (Lipinski definition) is 2. The third kappa shape index (κ3) is 5.11. The predicted octanol–water partition coefficient (Wildman–Crippen LogP) is 9.87. The molecule has 0 aliphatic rings. The summed E-state index contributed by atoms with van der Waals surface area (Å²) in [6.45, 7) is 6.73. The molecule has 0 atom stereocenters. The summed E-state index contributed by atoms with van der Waals surface area (Å²) in [5, 5.41) is 4.76. The quantitative estimate of drug-likeness (QED) is 0.176. The average Bonchev–Trinajstić information content (AvgIpc) is 3.38. The van der Waals surface area contributed by atoms with Crippen molar-refractivity contribution in [2.24, 2.45) is 0 Å². The zero-order valence-electron chi connectivity index (χ0n) is 25.1. The highest BCUT2D eigenvalue weighted by Gasteiger charge is 2.30. The van der Waals surface area contributed by atoms with Crippen molar-refractivity contribution < 1.29 is 4.57 Å².